The van der Waals surface area contributed by atoms with E-state index in [-0.39, 0.29) is 5.91 Å². The number of nitrogens with one attached hydrogen (secondary N) is 1. The van der Waals surface area contributed by atoms with Gasteiger partial charge in [-0.2, -0.15) is 5.10 Å². The zero-order valence-electron chi connectivity index (χ0n) is 12.3. The van der Waals surface area contributed by atoms with Crippen molar-refractivity contribution in [3.8, 4) is 0 Å². The van der Waals surface area contributed by atoms with Crippen LogP contribution in [-0.2, 0) is 24.7 Å². The molecule has 0 unspecified atom stereocenters. The zero-order valence-corrected chi connectivity index (χ0v) is 13.1. The molecule has 0 aliphatic heterocycles. The maximum atomic E-state index is 11.8. The van der Waals surface area contributed by atoms with Crippen molar-refractivity contribution >= 4 is 17.2 Å². The SMILES string of the molecule is Cc1nn(C)c(C)c1CCNC(=O)CCc1cccs1. The summed E-state index contributed by atoms with van der Waals surface area (Å²) in [5.74, 6) is 0.123. The summed E-state index contributed by atoms with van der Waals surface area (Å²) in [5, 5.41) is 9.41. The summed E-state index contributed by atoms with van der Waals surface area (Å²) in [6.45, 7) is 4.76. The average molecular weight is 291 g/mol. The van der Waals surface area contributed by atoms with Crippen LogP contribution in [0.3, 0.4) is 0 Å². The van der Waals surface area contributed by atoms with Crippen molar-refractivity contribution in [3.63, 3.8) is 0 Å². The number of rotatable bonds is 6. The van der Waals surface area contributed by atoms with Crippen LogP contribution in [0.4, 0.5) is 0 Å². The van der Waals surface area contributed by atoms with Crippen LogP contribution in [0.2, 0.25) is 0 Å². The van der Waals surface area contributed by atoms with Crippen molar-refractivity contribution in [2.75, 3.05) is 6.54 Å². The van der Waals surface area contributed by atoms with E-state index in [2.05, 4.69) is 23.4 Å². The van der Waals surface area contributed by atoms with Gasteiger partial charge in [0, 0.05) is 30.6 Å². The highest BCUT2D eigenvalue weighted by Gasteiger charge is 2.09. The van der Waals surface area contributed by atoms with Crippen LogP contribution in [0.25, 0.3) is 0 Å². The third-order valence-corrected chi connectivity index (χ3v) is 4.47. The van der Waals surface area contributed by atoms with Gasteiger partial charge in [0.15, 0.2) is 0 Å². The molecule has 1 amide bonds. The number of hydrogen-bond donors (Lipinski definition) is 1. The molecule has 2 aromatic rings. The van der Waals surface area contributed by atoms with Gasteiger partial charge in [-0.3, -0.25) is 9.48 Å². The van der Waals surface area contributed by atoms with Gasteiger partial charge < -0.3 is 5.32 Å². The van der Waals surface area contributed by atoms with Crippen molar-refractivity contribution in [2.45, 2.75) is 33.1 Å². The highest BCUT2D eigenvalue weighted by atomic mass is 32.1. The molecule has 0 saturated carbocycles. The van der Waals surface area contributed by atoms with Crippen LogP contribution >= 0.6 is 11.3 Å². The van der Waals surface area contributed by atoms with Crippen molar-refractivity contribution in [1.29, 1.82) is 0 Å². The van der Waals surface area contributed by atoms with E-state index in [1.54, 1.807) is 11.3 Å². The molecule has 0 saturated heterocycles. The van der Waals surface area contributed by atoms with Gasteiger partial charge in [-0.15, -0.1) is 11.3 Å². The quantitative estimate of drug-likeness (QED) is 0.888. The molecule has 0 spiro atoms. The maximum Gasteiger partial charge on any atom is 0.220 e. The molecular weight excluding hydrogens is 270 g/mol. The molecule has 5 heteroatoms. The molecule has 2 heterocycles. The highest BCUT2D eigenvalue weighted by Crippen LogP contribution is 2.12. The topological polar surface area (TPSA) is 46.9 Å². The predicted octanol–water partition coefficient (Wildman–Crippen LogP) is 2.39. The van der Waals surface area contributed by atoms with E-state index >= 15 is 0 Å². The number of aryl methyl sites for hydroxylation is 3. The molecule has 1 N–H and O–H groups in total. The summed E-state index contributed by atoms with van der Waals surface area (Å²) in [4.78, 5) is 13.0. The first kappa shape index (κ1) is 14.8. The lowest BCUT2D eigenvalue weighted by Crippen LogP contribution is -2.26. The van der Waals surface area contributed by atoms with E-state index in [0.717, 1.165) is 18.5 Å². The molecule has 0 atom stereocenters. The third-order valence-electron chi connectivity index (χ3n) is 3.53. The summed E-state index contributed by atoms with van der Waals surface area (Å²) in [6, 6.07) is 4.09. The lowest BCUT2D eigenvalue weighted by Gasteiger charge is -2.05. The minimum Gasteiger partial charge on any atom is -0.356 e. The standard InChI is InChI=1S/C15H21N3OS/c1-11-14(12(2)18(3)17-11)8-9-16-15(19)7-6-13-5-4-10-20-13/h4-5,10H,6-9H2,1-3H3,(H,16,19). The summed E-state index contributed by atoms with van der Waals surface area (Å²) in [5.41, 5.74) is 3.47. The number of amides is 1. The molecule has 0 aromatic carbocycles. The van der Waals surface area contributed by atoms with E-state index in [4.69, 9.17) is 0 Å². The molecular formula is C15H21N3OS. The fourth-order valence-electron chi connectivity index (χ4n) is 2.29. The Morgan fingerprint density at radius 1 is 1.40 bits per heavy atom. The Balaban J connectivity index is 1.74. The fourth-order valence-corrected chi connectivity index (χ4v) is 3.00. The van der Waals surface area contributed by atoms with Crippen LogP contribution in [0, 0.1) is 13.8 Å². The normalized spacial score (nSPS) is 10.8. The number of carbonyl (C=O) groups is 1. The second-order valence-electron chi connectivity index (χ2n) is 4.95. The summed E-state index contributed by atoms with van der Waals surface area (Å²) >= 11 is 1.70. The summed E-state index contributed by atoms with van der Waals surface area (Å²) in [7, 11) is 1.95. The first-order chi connectivity index (χ1) is 9.58. The van der Waals surface area contributed by atoms with Gasteiger partial charge in [0.25, 0.3) is 0 Å². The van der Waals surface area contributed by atoms with Gasteiger partial charge in [-0.05, 0) is 43.7 Å². The smallest absolute Gasteiger partial charge is 0.220 e. The van der Waals surface area contributed by atoms with Gasteiger partial charge in [-0.1, -0.05) is 6.07 Å². The minimum atomic E-state index is 0.123. The molecule has 0 aliphatic rings. The van der Waals surface area contributed by atoms with Gasteiger partial charge >= 0.3 is 0 Å². The maximum absolute atomic E-state index is 11.8. The average Bonchev–Trinajstić information content (AvgIpc) is 3.00. The molecule has 108 valence electrons. The molecule has 2 rings (SSSR count). The Bertz CT molecular complexity index is 572. The number of carbonyl (C=O) groups excluding carboxylic acids is 1. The number of hydrogen-bond acceptors (Lipinski definition) is 3. The molecule has 0 fully saturated rings. The Kier molecular flexibility index (Phi) is 4.95. The number of nitrogens with zero attached hydrogens (tertiary/aromatic N) is 2. The summed E-state index contributed by atoms with van der Waals surface area (Å²) < 4.78 is 1.89. The van der Waals surface area contributed by atoms with E-state index in [0.29, 0.717) is 13.0 Å². The second-order valence-corrected chi connectivity index (χ2v) is 5.98. The molecule has 0 aliphatic carbocycles. The van der Waals surface area contributed by atoms with Crippen LogP contribution in [-0.4, -0.2) is 22.2 Å². The Labute approximate surface area is 123 Å². The number of aromatic nitrogens is 2. The molecule has 2 aromatic heterocycles. The van der Waals surface area contributed by atoms with E-state index in [1.165, 1.54) is 16.1 Å². The second kappa shape index (κ2) is 6.70. The highest BCUT2D eigenvalue weighted by molar-refractivity contribution is 7.09. The van der Waals surface area contributed by atoms with Crippen LogP contribution < -0.4 is 5.32 Å². The first-order valence-corrected chi connectivity index (χ1v) is 7.74. The molecule has 20 heavy (non-hydrogen) atoms. The van der Waals surface area contributed by atoms with Crippen molar-refractivity contribution in [3.05, 3.63) is 39.3 Å². The van der Waals surface area contributed by atoms with Crippen LogP contribution in [0.15, 0.2) is 17.5 Å². The Hall–Kier alpha value is -1.62. The molecule has 0 radical (unpaired) electrons. The molecule has 4 nitrogen and oxygen atoms in total. The largest absolute Gasteiger partial charge is 0.356 e. The van der Waals surface area contributed by atoms with Gasteiger partial charge in [0.05, 0.1) is 5.69 Å². The van der Waals surface area contributed by atoms with Gasteiger partial charge in [-0.25, -0.2) is 0 Å². The van der Waals surface area contributed by atoms with Crippen molar-refractivity contribution in [2.24, 2.45) is 7.05 Å². The van der Waals surface area contributed by atoms with Gasteiger partial charge in [0.1, 0.15) is 0 Å². The van der Waals surface area contributed by atoms with Gasteiger partial charge in [0.2, 0.25) is 5.91 Å². The van der Waals surface area contributed by atoms with Crippen LogP contribution in [0.1, 0.15) is 28.2 Å². The van der Waals surface area contributed by atoms with E-state index in [1.807, 2.05) is 30.1 Å². The number of thiophene rings is 1. The fraction of sp³-hybridized carbons (Fsp3) is 0.467. The predicted molar refractivity (Wildman–Crippen MR) is 82.0 cm³/mol. The Morgan fingerprint density at radius 3 is 2.80 bits per heavy atom. The third kappa shape index (κ3) is 3.70. The molecule has 0 bridgehead atoms. The lowest BCUT2D eigenvalue weighted by molar-refractivity contribution is -0.121. The van der Waals surface area contributed by atoms with Crippen molar-refractivity contribution < 1.29 is 4.79 Å². The monoisotopic (exact) mass is 291 g/mol. The minimum absolute atomic E-state index is 0.123. The van der Waals surface area contributed by atoms with E-state index < -0.39 is 0 Å². The Morgan fingerprint density at radius 2 is 2.20 bits per heavy atom. The summed E-state index contributed by atoms with van der Waals surface area (Å²) in [6.07, 6.45) is 2.23. The first-order valence-electron chi connectivity index (χ1n) is 6.86. The lowest BCUT2D eigenvalue weighted by atomic mass is 10.1. The van der Waals surface area contributed by atoms with E-state index in [9.17, 15) is 4.79 Å². The zero-order chi connectivity index (χ0) is 14.5. The van der Waals surface area contributed by atoms with Crippen LogP contribution in [0.5, 0.6) is 0 Å². The van der Waals surface area contributed by atoms with Crippen molar-refractivity contribution in [1.82, 2.24) is 15.1 Å².